The summed E-state index contributed by atoms with van der Waals surface area (Å²) in [5.41, 5.74) is 0. The summed E-state index contributed by atoms with van der Waals surface area (Å²) >= 11 is 5.93. The number of piperazine rings is 1. The van der Waals surface area contributed by atoms with Crippen molar-refractivity contribution < 1.29 is 18.0 Å². The van der Waals surface area contributed by atoms with E-state index in [1.54, 1.807) is 21.9 Å². The highest BCUT2D eigenvalue weighted by atomic mass is 35.5. The molecule has 0 bridgehead atoms. The lowest BCUT2D eigenvalue weighted by atomic mass is 10.1. The van der Waals surface area contributed by atoms with Crippen LogP contribution in [0.1, 0.15) is 25.7 Å². The number of carbonyl (C=O) groups excluding carboxylic acids is 2. The van der Waals surface area contributed by atoms with Gasteiger partial charge in [0, 0.05) is 43.7 Å². The van der Waals surface area contributed by atoms with Crippen LogP contribution in [0.5, 0.6) is 0 Å². The summed E-state index contributed by atoms with van der Waals surface area (Å²) in [6.07, 6.45) is 3.39. The van der Waals surface area contributed by atoms with Crippen LogP contribution < -0.4 is 0 Å². The SMILES string of the molecule is O=C(C1CCCN1C(=O)C1CC1)N1CCN(S(=O)(=O)c2cccc(Cl)c2)CC1. The van der Waals surface area contributed by atoms with Gasteiger partial charge in [0.1, 0.15) is 6.04 Å². The number of rotatable bonds is 4. The van der Waals surface area contributed by atoms with Crippen LogP contribution in [0.3, 0.4) is 0 Å². The Balaban J connectivity index is 1.39. The summed E-state index contributed by atoms with van der Waals surface area (Å²) in [5.74, 6) is 0.164. The van der Waals surface area contributed by atoms with Gasteiger partial charge in [0.25, 0.3) is 0 Å². The van der Waals surface area contributed by atoms with Gasteiger partial charge in [0.2, 0.25) is 21.8 Å². The van der Waals surface area contributed by atoms with Crippen LogP contribution in [-0.2, 0) is 19.6 Å². The lowest BCUT2D eigenvalue weighted by Crippen LogP contribution is -2.55. The summed E-state index contributed by atoms with van der Waals surface area (Å²) < 4.78 is 27.0. The van der Waals surface area contributed by atoms with Gasteiger partial charge in [-0.15, -0.1) is 0 Å². The zero-order valence-corrected chi connectivity index (χ0v) is 17.2. The van der Waals surface area contributed by atoms with Gasteiger partial charge in [-0.3, -0.25) is 9.59 Å². The van der Waals surface area contributed by atoms with Crippen molar-refractivity contribution in [3.05, 3.63) is 29.3 Å². The molecule has 1 saturated carbocycles. The van der Waals surface area contributed by atoms with Crippen LogP contribution >= 0.6 is 11.6 Å². The maximum atomic E-state index is 13.0. The summed E-state index contributed by atoms with van der Waals surface area (Å²) in [4.78, 5) is 29.0. The van der Waals surface area contributed by atoms with Crippen molar-refractivity contribution in [3.63, 3.8) is 0 Å². The zero-order chi connectivity index (χ0) is 19.9. The van der Waals surface area contributed by atoms with E-state index in [0.29, 0.717) is 31.1 Å². The molecule has 1 aromatic rings. The standard InChI is InChI=1S/C19H24ClN3O4S/c20-15-3-1-4-16(13-15)28(26,27)22-11-9-21(10-12-22)19(25)17-5-2-8-23(17)18(24)14-6-7-14/h1,3-4,13-14,17H,2,5-12H2. The maximum absolute atomic E-state index is 13.0. The normalized spacial score (nSPS) is 23.8. The van der Waals surface area contributed by atoms with E-state index < -0.39 is 10.0 Å². The van der Waals surface area contributed by atoms with Gasteiger partial charge in [-0.05, 0) is 43.9 Å². The quantitative estimate of drug-likeness (QED) is 0.733. The molecule has 3 fully saturated rings. The van der Waals surface area contributed by atoms with E-state index >= 15 is 0 Å². The van der Waals surface area contributed by atoms with E-state index in [9.17, 15) is 18.0 Å². The Morgan fingerprint density at radius 2 is 1.68 bits per heavy atom. The van der Waals surface area contributed by atoms with Crippen molar-refractivity contribution in [1.82, 2.24) is 14.1 Å². The van der Waals surface area contributed by atoms with Gasteiger partial charge in [-0.1, -0.05) is 17.7 Å². The van der Waals surface area contributed by atoms with Gasteiger partial charge in [0.15, 0.2) is 0 Å². The minimum Gasteiger partial charge on any atom is -0.338 e. The molecular formula is C19H24ClN3O4S. The van der Waals surface area contributed by atoms with Crippen LogP contribution in [0.25, 0.3) is 0 Å². The minimum atomic E-state index is -3.63. The molecule has 0 aromatic heterocycles. The van der Waals surface area contributed by atoms with Crippen LogP contribution in [-0.4, -0.2) is 73.1 Å². The van der Waals surface area contributed by atoms with E-state index in [2.05, 4.69) is 0 Å². The Hall–Kier alpha value is -1.64. The third-order valence-corrected chi connectivity index (χ3v) is 7.86. The van der Waals surface area contributed by atoms with Crippen molar-refractivity contribution in [1.29, 1.82) is 0 Å². The van der Waals surface area contributed by atoms with Gasteiger partial charge in [0.05, 0.1) is 4.90 Å². The maximum Gasteiger partial charge on any atom is 0.245 e. The second-order valence-corrected chi connectivity index (χ2v) is 10.0. The molecule has 1 unspecified atom stereocenters. The Bertz CT molecular complexity index is 879. The van der Waals surface area contributed by atoms with Crippen LogP contribution in [0.15, 0.2) is 29.2 Å². The van der Waals surface area contributed by atoms with Crippen molar-refractivity contribution >= 4 is 33.4 Å². The number of hydrogen-bond donors (Lipinski definition) is 0. The predicted molar refractivity (Wildman–Crippen MR) is 104 cm³/mol. The summed E-state index contributed by atoms with van der Waals surface area (Å²) in [5, 5.41) is 0.372. The molecule has 152 valence electrons. The van der Waals surface area contributed by atoms with Crippen molar-refractivity contribution in [2.24, 2.45) is 5.92 Å². The van der Waals surface area contributed by atoms with Crippen molar-refractivity contribution in [2.45, 2.75) is 36.6 Å². The third-order valence-electron chi connectivity index (χ3n) is 5.73. The number of hydrogen-bond acceptors (Lipinski definition) is 4. The van der Waals surface area contributed by atoms with Crippen LogP contribution in [0.2, 0.25) is 5.02 Å². The Labute approximate surface area is 170 Å². The van der Waals surface area contributed by atoms with E-state index in [0.717, 1.165) is 19.3 Å². The molecule has 0 N–H and O–H groups in total. The number of benzene rings is 1. The molecule has 0 spiro atoms. The van der Waals surface area contributed by atoms with E-state index in [4.69, 9.17) is 11.6 Å². The van der Waals surface area contributed by atoms with Crippen LogP contribution in [0, 0.1) is 5.92 Å². The predicted octanol–water partition coefficient (Wildman–Crippen LogP) is 1.57. The lowest BCUT2D eigenvalue weighted by molar-refractivity contribution is -0.145. The third kappa shape index (κ3) is 3.77. The van der Waals surface area contributed by atoms with E-state index in [1.807, 2.05) is 0 Å². The number of sulfonamides is 1. The molecule has 2 amide bonds. The van der Waals surface area contributed by atoms with E-state index in [-0.39, 0.29) is 41.8 Å². The molecular weight excluding hydrogens is 402 g/mol. The zero-order valence-electron chi connectivity index (χ0n) is 15.6. The average molecular weight is 426 g/mol. The van der Waals surface area contributed by atoms with Gasteiger partial charge in [-0.25, -0.2) is 8.42 Å². The molecule has 28 heavy (non-hydrogen) atoms. The first-order valence-electron chi connectivity index (χ1n) is 9.73. The molecule has 1 atom stereocenters. The fraction of sp³-hybridized carbons (Fsp3) is 0.579. The topological polar surface area (TPSA) is 78.0 Å². The summed E-state index contributed by atoms with van der Waals surface area (Å²) in [6.45, 7) is 1.80. The Kier molecular flexibility index (Phi) is 5.37. The number of likely N-dealkylation sites (tertiary alicyclic amines) is 1. The highest BCUT2D eigenvalue weighted by molar-refractivity contribution is 7.89. The lowest BCUT2D eigenvalue weighted by Gasteiger charge is -2.36. The number of halogens is 1. The molecule has 9 heteroatoms. The molecule has 4 rings (SSSR count). The first-order valence-corrected chi connectivity index (χ1v) is 11.5. The molecule has 3 aliphatic rings. The molecule has 7 nitrogen and oxygen atoms in total. The van der Waals surface area contributed by atoms with Gasteiger partial charge in [-0.2, -0.15) is 4.31 Å². The highest BCUT2D eigenvalue weighted by Gasteiger charge is 2.42. The molecule has 2 heterocycles. The first kappa shape index (κ1) is 19.7. The Morgan fingerprint density at radius 1 is 0.964 bits per heavy atom. The average Bonchev–Trinajstić information content (AvgIpc) is 3.43. The molecule has 0 radical (unpaired) electrons. The summed E-state index contributed by atoms with van der Waals surface area (Å²) in [7, 11) is -3.63. The highest BCUT2D eigenvalue weighted by Crippen LogP contribution is 2.34. The molecule has 2 saturated heterocycles. The molecule has 2 aliphatic heterocycles. The minimum absolute atomic E-state index is 0.0497. The smallest absolute Gasteiger partial charge is 0.245 e. The Morgan fingerprint density at radius 3 is 2.32 bits per heavy atom. The largest absolute Gasteiger partial charge is 0.338 e. The van der Waals surface area contributed by atoms with Crippen molar-refractivity contribution in [3.8, 4) is 0 Å². The van der Waals surface area contributed by atoms with Gasteiger partial charge < -0.3 is 9.80 Å². The monoisotopic (exact) mass is 425 g/mol. The van der Waals surface area contributed by atoms with Crippen LogP contribution in [0.4, 0.5) is 0 Å². The number of amides is 2. The van der Waals surface area contributed by atoms with Gasteiger partial charge >= 0.3 is 0 Å². The summed E-state index contributed by atoms with van der Waals surface area (Å²) in [6, 6.07) is 5.82. The second-order valence-electron chi connectivity index (χ2n) is 7.65. The first-order chi connectivity index (χ1) is 13.4. The number of nitrogens with zero attached hydrogens (tertiary/aromatic N) is 3. The molecule has 1 aliphatic carbocycles. The fourth-order valence-corrected chi connectivity index (χ4v) is 5.71. The number of carbonyl (C=O) groups is 2. The fourth-order valence-electron chi connectivity index (χ4n) is 3.99. The van der Waals surface area contributed by atoms with E-state index in [1.165, 1.54) is 16.4 Å². The molecule has 1 aromatic carbocycles. The van der Waals surface area contributed by atoms with Crippen molar-refractivity contribution in [2.75, 3.05) is 32.7 Å². The second kappa shape index (κ2) is 7.65.